The van der Waals surface area contributed by atoms with Gasteiger partial charge in [0.2, 0.25) is 5.91 Å². The van der Waals surface area contributed by atoms with E-state index in [1.807, 2.05) is 10.9 Å². The highest BCUT2D eigenvalue weighted by Gasteiger charge is 2.30. The minimum Gasteiger partial charge on any atom is -0.358 e. The second-order valence-corrected chi connectivity index (χ2v) is 6.91. The Morgan fingerprint density at radius 1 is 1.21 bits per heavy atom. The van der Waals surface area contributed by atoms with Crippen molar-refractivity contribution in [3.8, 4) is 11.3 Å². The van der Waals surface area contributed by atoms with Gasteiger partial charge in [0, 0.05) is 38.8 Å². The first-order valence-corrected chi connectivity index (χ1v) is 9.06. The molecule has 4 rings (SSSR count). The molecule has 2 aromatic rings. The van der Waals surface area contributed by atoms with Gasteiger partial charge < -0.3 is 10.6 Å². The monoisotopic (exact) mass is 424 g/mol. The van der Waals surface area contributed by atoms with Gasteiger partial charge >= 0.3 is 0 Å². The first-order valence-electron chi connectivity index (χ1n) is 9.06. The van der Waals surface area contributed by atoms with Gasteiger partial charge in [-0.2, -0.15) is 0 Å². The fourth-order valence-corrected chi connectivity index (χ4v) is 3.57. The number of hydrogen-bond donors (Lipinski definition) is 2. The Morgan fingerprint density at radius 2 is 1.93 bits per heavy atom. The van der Waals surface area contributed by atoms with Gasteiger partial charge in [-0.25, -0.2) is 4.68 Å². The predicted molar refractivity (Wildman–Crippen MR) is 114 cm³/mol. The van der Waals surface area contributed by atoms with Crippen molar-refractivity contribution in [1.29, 1.82) is 0 Å². The Kier molecular flexibility index (Phi) is 8.00. The number of carbonyl (C=O) groups is 1. The molecule has 9 heteroatoms. The van der Waals surface area contributed by atoms with Crippen molar-refractivity contribution >= 4 is 30.7 Å². The molecular weight excluding hydrogens is 399 g/mol. The van der Waals surface area contributed by atoms with Crippen LogP contribution in [0.15, 0.2) is 42.6 Å². The standard InChI is InChI=1S/C19H24N6O.2ClH/c1-20-19(26)17-10-16(11-21-17)25-13-18(22-23-25)15-6-4-14(5-7-15)12-24-8-2-3-9-24;;/h2-7,13,16-17,21H,8-12H2,1H3,(H,20,26);2*1H/t16-,17+;;/m1../s1. The van der Waals surface area contributed by atoms with Crippen molar-refractivity contribution < 1.29 is 4.79 Å². The summed E-state index contributed by atoms with van der Waals surface area (Å²) in [5.74, 6) is 0.0247. The van der Waals surface area contributed by atoms with E-state index in [9.17, 15) is 4.79 Å². The highest BCUT2D eigenvalue weighted by atomic mass is 35.5. The van der Waals surface area contributed by atoms with Crippen LogP contribution in [0, 0.1) is 0 Å². The highest BCUT2D eigenvalue weighted by molar-refractivity contribution is 5.85. The van der Waals surface area contributed by atoms with Crippen molar-refractivity contribution in [3.63, 3.8) is 0 Å². The summed E-state index contributed by atoms with van der Waals surface area (Å²) in [5.41, 5.74) is 3.23. The molecule has 1 aromatic carbocycles. The van der Waals surface area contributed by atoms with Crippen molar-refractivity contribution in [3.05, 3.63) is 48.2 Å². The summed E-state index contributed by atoms with van der Waals surface area (Å²) in [4.78, 5) is 14.1. The first kappa shape index (κ1) is 22.4. The minimum absolute atomic E-state index is 0. The number of carbonyl (C=O) groups excluding carboxylic acids is 1. The van der Waals surface area contributed by atoms with E-state index in [0.29, 0.717) is 0 Å². The lowest BCUT2D eigenvalue weighted by molar-refractivity contribution is -0.122. The van der Waals surface area contributed by atoms with Crippen LogP contribution in [0.3, 0.4) is 0 Å². The first-order chi connectivity index (χ1) is 12.7. The van der Waals surface area contributed by atoms with E-state index in [-0.39, 0.29) is 42.8 Å². The Bertz CT molecular complexity index is 799. The number of halogens is 2. The third kappa shape index (κ3) is 4.91. The van der Waals surface area contributed by atoms with Crippen molar-refractivity contribution in [1.82, 2.24) is 30.5 Å². The third-order valence-corrected chi connectivity index (χ3v) is 5.10. The summed E-state index contributed by atoms with van der Waals surface area (Å²) in [6.07, 6.45) is 7.11. The molecule has 1 amide bonds. The Hall–Kier alpha value is -1.93. The van der Waals surface area contributed by atoms with Crippen LogP contribution in [0.2, 0.25) is 0 Å². The summed E-state index contributed by atoms with van der Waals surface area (Å²) in [5, 5.41) is 14.5. The molecule has 2 aliphatic heterocycles. The maximum Gasteiger partial charge on any atom is 0.236 e. The number of benzene rings is 1. The lowest BCUT2D eigenvalue weighted by atomic mass is 10.1. The van der Waals surface area contributed by atoms with Crippen LogP contribution >= 0.6 is 24.8 Å². The molecule has 1 fully saturated rings. The van der Waals surface area contributed by atoms with Gasteiger partial charge in [-0.05, 0) is 12.0 Å². The summed E-state index contributed by atoms with van der Waals surface area (Å²) < 4.78 is 1.87. The molecule has 2 N–H and O–H groups in total. The molecule has 2 aliphatic rings. The zero-order valence-electron chi connectivity index (χ0n) is 15.7. The fourth-order valence-electron chi connectivity index (χ4n) is 3.57. The molecule has 7 nitrogen and oxygen atoms in total. The highest BCUT2D eigenvalue weighted by Crippen LogP contribution is 2.23. The van der Waals surface area contributed by atoms with Crippen LogP contribution in [0.25, 0.3) is 11.3 Å². The van der Waals surface area contributed by atoms with Gasteiger partial charge in [-0.15, -0.1) is 29.9 Å². The van der Waals surface area contributed by atoms with E-state index >= 15 is 0 Å². The van der Waals surface area contributed by atoms with Crippen molar-refractivity contribution in [2.24, 2.45) is 0 Å². The number of likely N-dealkylation sites (N-methyl/N-ethyl adjacent to an activating group) is 1. The molecule has 3 heterocycles. The zero-order valence-corrected chi connectivity index (χ0v) is 17.4. The normalized spacial score (nSPS) is 21.2. The Balaban J connectivity index is 0.00000140. The van der Waals surface area contributed by atoms with Crippen LogP contribution in [0.4, 0.5) is 0 Å². The second kappa shape index (κ2) is 10.0. The maximum atomic E-state index is 11.7. The fraction of sp³-hybridized carbons (Fsp3) is 0.421. The van der Waals surface area contributed by atoms with E-state index < -0.39 is 0 Å². The van der Waals surface area contributed by atoms with E-state index in [2.05, 4.69) is 62.3 Å². The molecule has 0 saturated carbocycles. The number of hydrogen-bond acceptors (Lipinski definition) is 5. The average molecular weight is 425 g/mol. The number of nitrogens with zero attached hydrogens (tertiary/aromatic N) is 4. The Labute approximate surface area is 177 Å². The molecule has 0 radical (unpaired) electrons. The summed E-state index contributed by atoms with van der Waals surface area (Å²) >= 11 is 0. The van der Waals surface area contributed by atoms with Crippen LogP contribution in [-0.4, -0.2) is 58.5 Å². The van der Waals surface area contributed by atoms with E-state index in [4.69, 9.17) is 0 Å². The number of rotatable bonds is 5. The number of amides is 1. The molecule has 0 unspecified atom stereocenters. The lowest BCUT2D eigenvalue weighted by Crippen LogP contribution is -2.38. The molecule has 2 atom stereocenters. The van der Waals surface area contributed by atoms with Crippen LogP contribution in [0.5, 0.6) is 0 Å². The largest absolute Gasteiger partial charge is 0.358 e. The van der Waals surface area contributed by atoms with Gasteiger partial charge in [0.05, 0.1) is 18.3 Å². The van der Waals surface area contributed by atoms with Crippen molar-refractivity contribution in [2.45, 2.75) is 25.0 Å². The SMILES string of the molecule is CNC(=O)[C@@H]1C[C@@H](n2cc(-c3ccc(CN4CC=CC4)cc3)nn2)CN1.Cl.Cl. The quantitative estimate of drug-likeness (QED) is 0.715. The molecule has 152 valence electrons. The van der Waals surface area contributed by atoms with Gasteiger partial charge in [-0.3, -0.25) is 9.69 Å². The third-order valence-electron chi connectivity index (χ3n) is 5.10. The summed E-state index contributed by atoms with van der Waals surface area (Å²) in [6, 6.07) is 8.52. The van der Waals surface area contributed by atoms with Gasteiger partial charge in [-0.1, -0.05) is 41.6 Å². The average Bonchev–Trinajstić information content (AvgIpc) is 3.42. The van der Waals surface area contributed by atoms with E-state index in [1.54, 1.807) is 7.05 Å². The van der Waals surface area contributed by atoms with Crippen LogP contribution in [-0.2, 0) is 11.3 Å². The molecule has 1 aromatic heterocycles. The van der Waals surface area contributed by atoms with Gasteiger partial charge in [0.25, 0.3) is 0 Å². The van der Waals surface area contributed by atoms with Crippen molar-refractivity contribution in [2.75, 3.05) is 26.7 Å². The zero-order chi connectivity index (χ0) is 17.9. The van der Waals surface area contributed by atoms with Gasteiger partial charge in [0.15, 0.2) is 0 Å². The molecule has 0 aliphatic carbocycles. The molecule has 1 saturated heterocycles. The predicted octanol–water partition coefficient (Wildman–Crippen LogP) is 1.81. The lowest BCUT2D eigenvalue weighted by Gasteiger charge is -2.14. The minimum atomic E-state index is -0.156. The maximum absolute atomic E-state index is 11.7. The number of aromatic nitrogens is 3. The smallest absolute Gasteiger partial charge is 0.236 e. The molecule has 0 spiro atoms. The molecule has 28 heavy (non-hydrogen) atoms. The second-order valence-electron chi connectivity index (χ2n) is 6.91. The van der Waals surface area contributed by atoms with Crippen LogP contribution in [0.1, 0.15) is 18.0 Å². The summed E-state index contributed by atoms with van der Waals surface area (Å²) in [6.45, 7) is 3.75. The van der Waals surface area contributed by atoms with Gasteiger partial charge in [0.1, 0.15) is 5.69 Å². The molecular formula is C19H26Cl2N6O. The van der Waals surface area contributed by atoms with E-state index in [1.165, 1.54) is 5.56 Å². The molecule has 0 bridgehead atoms. The summed E-state index contributed by atoms with van der Waals surface area (Å²) in [7, 11) is 1.66. The Morgan fingerprint density at radius 3 is 2.61 bits per heavy atom. The van der Waals surface area contributed by atoms with E-state index in [0.717, 1.165) is 43.9 Å². The number of nitrogens with one attached hydrogen (secondary N) is 2. The van der Waals surface area contributed by atoms with Crippen LogP contribution < -0.4 is 10.6 Å². The topological polar surface area (TPSA) is 75.1 Å².